The maximum Gasteiger partial charge on any atom is 0.262 e. The summed E-state index contributed by atoms with van der Waals surface area (Å²) in [6.45, 7) is 14.5. The van der Waals surface area contributed by atoms with Crippen molar-refractivity contribution in [1.29, 1.82) is 5.26 Å². The third kappa shape index (κ3) is 7.19. The molecule has 2 aromatic heterocycles. The number of ether oxygens (including phenoxy) is 1. The molecule has 2 N–H and O–H groups in total. The summed E-state index contributed by atoms with van der Waals surface area (Å²) in [5.41, 5.74) is 2.32. The van der Waals surface area contributed by atoms with Gasteiger partial charge in [-0.3, -0.25) is 44.1 Å². The summed E-state index contributed by atoms with van der Waals surface area (Å²) in [4.78, 5) is 81.4. The number of nitriles is 1. The Labute approximate surface area is 360 Å². The van der Waals surface area contributed by atoms with E-state index in [9.17, 15) is 29.2 Å². The quantitative estimate of drug-likeness (QED) is 0.225. The Bertz CT molecular complexity index is 2500. The van der Waals surface area contributed by atoms with Crippen LogP contribution in [0.1, 0.15) is 90.0 Å². The highest BCUT2D eigenvalue weighted by Crippen LogP contribution is 2.56. The second kappa shape index (κ2) is 15.8. The molecule has 0 bridgehead atoms. The number of nitrogens with zero attached hydrogens (tertiary/aromatic N) is 7. The van der Waals surface area contributed by atoms with Crippen LogP contribution in [0.15, 0.2) is 67.0 Å². The minimum atomic E-state index is -0.979. The van der Waals surface area contributed by atoms with Crippen molar-refractivity contribution >= 4 is 51.9 Å². The van der Waals surface area contributed by atoms with E-state index in [4.69, 9.17) is 9.72 Å². The van der Waals surface area contributed by atoms with E-state index in [-0.39, 0.29) is 47.3 Å². The lowest BCUT2D eigenvalue weighted by atomic mass is 9.49. The van der Waals surface area contributed by atoms with Crippen molar-refractivity contribution in [3.05, 3.63) is 89.2 Å². The maximum absolute atomic E-state index is 13.6. The number of pyridine rings is 2. The van der Waals surface area contributed by atoms with Gasteiger partial charge in [-0.2, -0.15) is 5.26 Å². The zero-order valence-electron chi connectivity index (χ0n) is 35.5. The van der Waals surface area contributed by atoms with Crippen molar-refractivity contribution in [2.45, 2.75) is 71.6 Å². The van der Waals surface area contributed by atoms with Gasteiger partial charge in [0.05, 0.1) is 27.8 Å². The van der Waals surface area contributed by atoms with Crippen LogP contribution in [-0.2, 0) is 9.59 Å². The zero-order chi connectivity index (χ0) is 43.5. The van der Waals surface area contributed by atoms with Gasteiger partial charge >= 0.3 is 0 Å². The van der Waals surface area contributed by atoms with Gasteiger partial charge in [0.1, 0.15) is 29.8 Å². The van der Waals surface area contributed by atoms with Gasteiger partial charge in [0.25, 0.3) is 17.7 Å². The normalized spacial score (nSPS) is 23.7. The van der Waals surface area contributed by atoms with Crippen molar-refractivity contribution in [1.82, 2.24) is 30.4 Å². The summed E-state index contributed by atoms with van der Waals surface area (Å²) in [6, 6.07) is 17.5. The first-order chi connectivity index (χ1) is 29.7. The molecular formula is C47H51N9O6. The van der Waals surface area contributed by atoms with Crippen LogP contribution in [0.5, 0.6) is 5.75 Å². The summed E-state index contributed by atoms with van der Waals surface area (Å²) < 4.78 is 6.65. The molecule has 1 saturated carbocycles. The molecule has 2 aromatic carbocycles. The molecule has 1 atom stereocenters. The second-order valence-corrected chi connectivity index (χ2v) is 18.5. The lowest BCUT2D eigenvalue weighted by Crippen LogP contribution is -2.74. The molecule has 1 aliphatic carbocycles. The van der Waals surface area contributed by atoms with Crippen LogP contribution in [0.25, 0.3) is 10.9 Å². The Morgan fingerprint density at radius 1 is 0.871 bits per heavy atom. The molecule has 0 radical (unpaired) electrons. The maximum atomic E-state index is 13.6. The fraction of sp³-hybridized carbons (Fsp3) is 0.447. The van der Waals surface area contributed by atoms with Crippen LogP contribution in [0, 0.1) is 28.1 Å². The van der Waals surface area contributed by atoms with Crippen LogP contribution < -0.4 is 25.2 Å². The van der Waals surface area contributed by atoms with Gasteiger partial charge in [-0.05, 0) is 79.8 Å². The molecule has 4 aromatic rings. The summed E-state index contributed by atoms with van der Waals surface area (Å²) in [7, 11) is 0. The molecular weight excluding hydrogens is 787 g/mol. The number of benzene rings is 2. The number of carbonyl (C=O) groups excluding carboxylic acids is 5. The van der Waals surface area contributed by atoms with Crippen LogP contribution in [-0.4, -0.2) is 113 Å². The average molecular weight is 838 g/mol. The SMILES string of the molecule is CC1(C)C(NC(=O)c2ccc(N3CCC(CN4CCN(c5ccc6c(c5)C(=O)N(C5CCC(=O)NC5=O)C6=O)CC4)CC3)nc2)C(C)(C)C1Oc1ccc(C#N)c2ncccc12. The van der Waals surface area contributed by atoms with E-state index in [0.29, 0.717) is 33.9 Å². The standard InChI is InChI=1S/C47H51N9O6/c1-46(2)44(47(3,4)45(46)62-36-12-7-29(25-48)39-33(36)6-5-17-49-39)52-40(58)30-8-13-37(50-26-30)55-18-15-28(16-19-55)27-53-20-22-54(23-21-53)31-9-10-32-34(24-31)43(61)56(42(32)60)35-11-14-38(57)51-41(35)59/h5-10,12-13,17,24,26,28,35,44-45H,11,14-16,18-23,27H2,1-4H3,(H,52,58)(H,51,57,59). The molecule has 6 heterocycles. The van der Waals surface area contributed by atoms with Crippen molar-refractivity contribution < 1.29 is 28.7 Å². The first-order valence-electron chi connectivity index (χ1n) is 21.5. The van der Waals surface area contributed by atoms with E-state index < -0.39 is 29.7 Å². The number of fused-ring (bicyclic) bond motifs is 2. The Morgan fingerprint density at radius 3 is 2.31 bits per heavy atom. The third-order valence-electron chi connectivity index (χ3n) is 13.8. The zero-order valence-corrected chi connectivity index (χ0v) is 35.5. The molecule has 5 aliphatic rings. The van der Waals surface area contributed by atoms with Gasteiger partial charge in [0.15, 0.2) is 0 Å². The average Bonchev–Trinajstić information content (AvgIpc) is 3.52. The summed E-state index contributed by atoms with van der Waals surface area (Å²) in [5, 5.41) is 15.9. The van der Waals surface area contributed by atoms with E-state index in [1.165, 1.54) is 0 Å². The lowest BCUT2D eigenvalue weighted by molar-refractivity contribution is -0.163. The third-order valence-corrected chi connectivity index (χ3v) is 13.8. The van der Waals surface area contributed by atoms with Crippen molar-refractivity contribution in [2.24, 2.45) is 16.7 Å². The fourth-order valence-corrected chi connectivity index (χ4v) is 10.7. The molecule has 62 heavy (non-hydrogen) atoms. The minimum absolute atomic E-state index is 0.0874. The smallest absolute Gasteiger partial charge is 0.262 e. The van der Waals surface area contributed by atoms with E-state index in [1.807, 2.05) is 36.4 Å². The number of hydrogen-bond acceptors (Lipinski definition) is 12. The van der Waals surface area contributed by atoms with E-state index in [0.717, 1.165) is 80.4 Å². The summed E-state index contributed by atoms with van der Waals surface area (Å²) >= 11 is 0. The molecule has 5 amide bonds. The Balaban J connectivity index is 0.740. The van der Waals surface area contributed by atoms with Gasteiger partial charge in [-0.15, -0.1) is 0 Å². The van der Waals surface area contributed by atoms with Gasteiger partial charge in [-0.1, -0.05) is 27.7 Å². The highest BCUT2D eigenvalue weighted by Gasteiger charge is 2.64. The first-order valence-corrected chi connectivity index (χ1v) is 21.5. The number of rotatable bonds is 9. The number of piperidine rings is 2. The number of hydrogen-bond donors (Lipinski definition) is 2. The lowest BCUT2D eigenvalue weighted by Gasteiger charge is -2.63. The summed E-state index contributed by atoms with van der Waals surface area (Å²) in [5.74, 6) is -0.0709. The van der Waals surface area contributed by atoms with Crippen molar-refractivity contribution in [2.75, 3.05) is 55.6 Å². The fourth-order valence-electron chi connectivity index (χ4n) is 10.7. The van der Waals surface area contributed by atoms with Gasteiger partial charge in [0.2, 0.25) is 11.8 Å². The molecule has 0 spiro atoms. The molecule has 1 unspecified atom stereocenters. The number of piperazine rings is 1. The molecule has 15 heteroatoms. The van der Waals surface area contributed by atoms with Crippen LogP contribution in [0.4, 0.5) is 11.5 Å². The molecule has 4 fully saturated rings. The number of amides is 5. The van der Waals surface area contributed by atoms with Crippen molar-refractivity contribution in [3.8, 4) is 11.8 Å². The highest BCUT2D eigenvalue weighted by atomic mass is 16.5. The second-order valence-electron chi connectivity index (χ2n) is 18.5. The summed E-state index contributed by atoms with van der Waals surface area (Å²) in [6.07, 6.45) is 5.44. The van der Waals surface area contributed by atoms with Crippen molar-refractivity contribution in [3.63, 3.8) is 0 Å². The predicted octanol–water partition coefficient (Wildman–Crippen LogP) is 4.55. The van der Waals surface area contributed by atoms with E-state index in [1.54, 1.807) is 30.6 Å². The van der Waals surface area contributed by atoms with E-state index in [2.05, 4.69) is 64.1 Å². The van der Waals surface area contributed by atoms with Crippen LogP contribution >= 0.6 is 0 Å². The molecule has 9 rings (SSSR count). The van der Waals surface area contributed by atoms with E-state index >= 15 is 0 Å². The van der Waals surface area contributed by atoms with Crippen LogP contribution in [0.3, 0.4) is 0 Å². The molecule has 4 aliphatic heterocycles. The largest absolute Gasteiger partial charge is 0.488 e. The minimum Gasteiger partial charge on any atom is -0.488 e. The Morgan fingerprint density at radius 2 is 1.61 bits per heavy atom. The molecule has 3 saturated heterocycles. The Hall–Kier alpha value is -6.40. The van der Waals surface area contributed by atoms with Gasteiger partial charge in [0, 0.05) is 92.6 Å². The topological polar surface area (TPSA) is 181 Å². The molecule has 15 nitrogen and oxygen atoms in total. The van der Waals surface area contributed by atoms with Gasteiger partial charge in [-0.25, -0.2) is 4.98 Å². The first kappa shape index (κ1) is 41.0. The number of imide groups is 2. The number of aromatic nitrogens is 2. The number of carbonyl (C=O) groups is 5. The highest BCUT2D eigenvalue weighted by molar-refractivity contribution is 6.23. The number of nitrogens with one attached hydrogen (secondary N) is 2. The molecule has 320 valence electrons. The Kier molecular flexibility index (Phi) is 10.5. The van der Waals surface area contributed by atoms with Crippen LogP contribution in [0.2, 0.25) is 0 Å². The monoisotopic (exact) mass is 837 g/mol. The van der Waals surface area contributed by atoms with Gasteiger partial charge < -0.3 is 19.9 Å². The predicted molar refractivity (Wildman–Crippen MR) is 231 cm³/mol. The number of anilines is 2.